The van der Waals surface area contributed by atoms with Gasteiger partial charge in [-0.05, 0) is 49.9 Å². The third-order valence-corrected chi connectivity index (χ3v) is 2.98. The minimum atomic E-state index is -0.499. The molecule has 1 aromatic carbocycles. The lowest BCUT2D eigenvalue weighted by Crippen LogP contribution is -2.28. The van der Waals surface area contributed by atoms with Crippen LogP contribution in [0.4, 0.5) is 8.78 Å². The SMILES string of the molecule is Fc1ccc(CC2CCNCC2)c(F)c1.NO. The van der Waals surface area contributed by atoms with E-state index in [-0.39, 0.29) is 0 Å². The summed E-state index contributed by atoms with van der Waals surface area (Å²) >= 11 is 0. The monoisotopic (exact) mass is 244 g/mol. The minimum Gasteiger partial charge on any atom is -0.320 e. The summed E-state index contributed by atoms with van der Waals surface area (Å²) in [5.41, 5.74) is 0.642. The maximum atomic E-state index is 13.3. The molecule has 0 radical (unpaired) electrons. The average Bonchev–Trinajstić information content (AvgIpc) is 2.37. The van der Waals surface area contributed by atoms with Crippen molar-refractivity contribution in [1.29, 1.82) is 0 Å². The summed E-state index contributed by atoms with van der Waals surface area (Å²) in [5.74, 6) is 3.13. The number of nitrogens with one attached hydrogen (secondary N) is 1. The summed E-state index contributed by atoms with van der Waals surface area (Å²) in [4.78, 5) is 0. The fourth-order valence-corrected chi connectivity index (χ4v) is 2.08. The molecule has 96 valence electrons. The van der Waals surface area contributed by atoms with E-state index in [4.69, 9.17) is 5.21 Å². The second-order valence-electron chi connectivity index (χ2n) is 4.13. The van der Waals surface area contributed by atoms with E-state index in [0.29, 0.717) is 11.5 Å². The van der Waals surface area contributed by atoms with Gasteiger partial charge in [-0.15, -0.1) is 0 Å². The Morgan fingerprint density at radius 3 is 2.47 bits per heavy atom. The van der Waals surface area contributed by atoms with Crippen LogP contribution in [0.2, 0.25) is 0 Å². The normalized spacial score (nSPS) is 16.2. The van der Waals surface area contributed by atoms with Crippen molar-refractivity contribution < 1.29 is 14.0 Å². The van der Waals surface area contributed by atoms with Crippen LogP contribution in [0.15, 0.2) is 18.2 Å². The van der Waals surface area contributed by atoms with Gasteiger partial charge in [0.15, 0.2) is 0 Å². The van der Waals surface area contributed by atoms with Crippen molar-refractivity contribution in [1.82, 2.24) is 5.32 Å². The van der Waals surface area contributed by atoms with Gasteiger partial charge in [-0.3, -0.25) is 0 Å². The maximum absolute atomic E-state index is 13.3. The van der Waals surface area contributed by atoms with Crippen molar-refractivity contribution in [3.05, 3.63) is 35.4 Å². The van der Waals surface area contributed by atoms with E-state index in [2.05, 4.69) is 11.2 Å². The van der Waals surface area contributed by atoms with Crippen LogP contribution in [-0.4, -0.2) is 18.3 Å². The number of rotatable bonds is 2. The molecule has 0 saturated carbocycles. The third kappa shape index (κ3) is 4.38. The van der Waals surface area contributed by atoms with Crippen LogP contribution in [0.5, 0.6) is 0 Å². The fraction of sp³-hybridized carbons (Fsp3) is 0.500. The van der Waals surface area contributed by atoms with E-state index in [1.54, 1.807) is 6.07 Å². The molecule has 1 aliphatic heterocycles. The molecule has 0 spiro atoms. The molecule has 4 N–H and O–H groups in total. The smallest absolute Gasteiger partial charge is 0.129 e. The van der Waals surface area contributed by atoms with Crippen molar-refractivity contribution in [3.8, 4) is 0 Å². The van der Waals surface area contributed by atoms with Crippen LogP contribution >= 0.6 is 0 Å². The van der Waals surface area contributed by atoms with Crippen LogP contribution in [0.25, 0.3) is 0 Å². The molecule has 17 heavy (non-hydrogen) atoms. The molecule has 0 amide bonds. The van der Waals surface area contributed by atoms with Crippen LogP contribution in [0.3, 0.4) is 0 Å². The molecule has 5 heteroatoms. The molecule has 1 saturated heterocycles. The zero-order valence-electron chi connectivity index (χ0n) is 9.63. The number of nitrogens with two attached hydrogens (primary N) is 1. The lowest BCUT2D eigenvalue weighted by Gasteiger charge is -2.22. The first kappa shape index (κ1) is 14.0. The van der Waals surface area contributed by atoms with Gasteiger partial charge in [-0.2, -0.15) is 0 Å². The van der Waals surface area contributed by atoms with E-state index in [1.807, 2.05) is 0 Å². The third-order valence-electron chi connectivity index (χ3n) is 2.98. The first-order chi connectivity index (χ1) is 8.25. The molecule has 0 bridgehead atoms. The standard InChI is InChI=1S/C12H15F2N.H3NO/c13-11-2-1-10(12(14)8-11)7-9-3-5-15-6-4-9;1-2/h1-2,8-9,15H,3-7H2;2H,1H2. The van der Waals surface area contributed by atoms with Gasteiger partial charge in [0.2, 0.25) is 0 Å². The average molecular weight is 244 g/mol. The molecule has 1 aromatic rings. The van der Waals surface area contributed by atoms with Crippen molar-refractivity contribution in [3.63, 3.8) is 0 Å². The molecule has 1 fully saturated rings. The quantitative estimate of drug-likeness (QED) is 0.696. The molecule has 1 aliphatic rings. The highest BCUT2D eigenvalue weighted by Crippen LogP contribution is 2.20. The molecular formula is C12H18F2N2O. The van der Waals surface area contributed by atoms with Gasteiger partial charge in [0.05, 0.1) is 0 Å². The Hall–Kier alpha value is -1.04. The highest BCUT2D eigenvalue weighted by atomic mass is 19.1. The van der Waals surface area contributed by atoms with Crippen molar-refractivity contribution in [2.75, 3.05) is 13.1 Å². The van der Waals surface area contributed by atoms with Crippen LogP contribution in [0.1, 0.15) is 18.4 Å². The molecule has 0 unspecified atom stereocenters. The number of hydrogen-bond donors (Lipinski definition) is 3. The van der Waals surface area contributed by atoms with Crippen molar-refractivity contribution in [2.45, 2.75) is 19.3 Å². The molecule has 0 atom stereocenters. The number of piperidine rings is 1. The van der Waals surface area contributed by atoms with Crippen LogP contribution in [-0.2, 0) is 6.42 Å². The van der Waals surface area contributed by atoms with Gasteiger partial charge >= 0.3 is 0 Å². The summed E-state index contributed by atoms with van der Waals surface area (Å²) in [6.45, 7) is 2.01. The first-order valence-corrected chi connectivity index (χ1v) is 5.66. The van der Waals surface area contributed by atoms with Crippen molar-refractivity contribution in [2.24, 2.45) is 11.8 Å². The van der Waals surface area contributed by atoms with Gasteiger partial charge in [-0.25, -0.2) is 14.7 Å². The Morgan fingerprint density at radius 2 is 1.88 bits per heavy atom. The van der Waals surface area contributed by atoms with E-state index in [1.165, 1.54) is 6.07 Å². The summed E-state index contributed by atoms with van der Waals surface area (Å²) in [5, 5.41) is 9.77. The van der Waals surface area contributed by atoms with Gasteiger partial charge in [-0.1, -0.05) is 6.07 Å². The zero-order chi connectivity index (χ0) is 12.7. The van der Waals surface area contributed by atoms with Crippen LogP contribution in [0, 0.1) is 17.6 Å². The lowest BCUT2D eigenvalue weighted by molar-refractivity contribution is 0.311. The predicted octanol–water partition coefficient (Wildman–Crippen LogP) is 1.84. The predicted molar refractivity (Wildman–Crippen MR) is 61.6 cm³/mol. The van der Waals surface area contributed by atoms with Gasteiger partial charge in [0.25, 0.3) is 0 Å². The Kier molecular flexibility index (Phi) is 6.04. The highest BCUT2D eigenvalue weighted by molar-refractivity contribution is 5.19. The molecule has 0 aromatic heterocycles. The number of benzene rings is 1. The van der Waals surface area contributed by atoms with E-state index in [9.17, 15) is 8.78 Å². The van der Waals surface area contributed by atoms with Crippen molar-refractivity contribution >= 4 is 0 Å². The Labute approximate surface area is 99.6 Å². The highest BCUT2D eigenvalue weighted by Gasteiger charge is 2.15. The molecule has 0 aliphatic carbocycles. The first-order valence-electron chi connectivity index (χ1n) is 5.66. The molecule has 1 heterocycles. The summed E-state index contributed by atoms with van der Waals surface area (Å²) < 4.78 is 26.0. The molecular weight excluding hydrogens is 226 g/mol. The number of hydrogen-bond acceptors (Lipinski definition) is 3. The second-order valence-corrected chi connectivity index (χ2v) is 4.13. The van der Waals surface area contributed by atoms with E-state index in [0.717, 1.165) is 38.4 Å². The molecule has 3 nitrogen and oxygen atoms in total. The fourth-order valence-electron chi connectivity index (χ4n) is 2.08. The topological polar surface area (TPSA) is 58.3 Å². The largest absolute Gasteiger partial charge is 0.320 e. The zero-order valence-corrected chi connectivity index (χ0v) is 9.63. The Bertz CT molecular complexity index is 341. The number of halogens is 2. The van der Waals surface area contributed by atoms with Gasteiger partial charge in [0, 0.05) is 6.07 Å². The van der Waals surface area contributed by atoms with Crippen LogP contribution < -0.4 is 11.2 Å². The van der Waals surface area contributed by atoms with E-state index < -0.39 is 11.6 Å². The van der Waals surface area contributed by atoms with Gasteiger partial charge in [0.1, 0.15) is 11.6 Å². The second kappa shape index (κ2) is 7.32. The van der Waals surface area contributed by atoms with E-state index >= 15 is 0 Å². The summed E-state index contributed by atoms with van der Waals surface area (Å²) in [6.07, 6.45) is 2.89. The maximum Gasteiger partial charge on any atom is 0.129 e. The Morgan fingerprint density at radius 1 is 1.24 bits per heavy atom. The van der Waals surface area contributed by atoms with Gasteiger partial charge < -0.3 is 10.5 Å². The lowest BCUT2D eigenvalue weighted by atomic mass is 9.91. The summed E-state index contributed by atoms with van der Waals surface area (Å²) in [6, 6.07) is 3.86. The Balaban J connectivity index is 0.000000686. The molecule has 2 rings (SSSR count). The minimum absolute atomic E-state index is 0.409. The summed E-state index contributed by atoms with van der Waals surface area (Å²) in [7, 11) is 0.